The van der Waals surface area contributed by atoms with Gasteiger partial charge in [0, 0.05) is 6.42 Å². The molecular weight excluding hydrogens is 238 g/mol. The molecule has 0 aliphatic heterocycles. The molecule has 1 aliphatic rings. The molecule has 112 valence electrons. The fourth-order valence-corrected chi connectivity index (χ4v) is 3.18. The average molecular weight is 269 g/mol. The number of carbonyl (C=O) groups excluding carboxylic acids is 1. The minimum Gasteiger partial charge on any atom is -0.462 e. The zero-order chi connectivity index (χ0) is 14.3. The maximum Gasteiger partial charge on any atom is 0.306 e. The molecule has 0 aromatic heterocycles. The van der Waals surface area contributed by atoms with Crippen LogP contribution in [0.1, 0.15) is 65.7 Å². The Morgan fingerprint density at radius 3 is 2.58 bits per heavy atom. The number of carbonyl (C=O) groups is 1. The maximum absolute atomic E-state index is 12.0. The molecule has 3 atom stereocenters. The Bertz CT molecular complexity index is 265. The first kappa shape index (κ1) is 16.5. The van der Waals surface area contributed by atoms with Gasteiger partial charge in [-0.05, 0) is 56.4 Å². The Kier molecular flexibility index (Phi) is 7.44. The molecule has 0 aromatic carbocycles. The number of hydrogen-bond acceptors (Lipinski definition) is 3. The van der Waals surface area contributed by atoms with Crippen LogP contribution in [0.25, 0.3) is 0 Å². The molecule has 0 bridgehead atoms. The van der Waals surface area contributed by atoms with E-state index in [1.54, 1.807) is 0 Å². The maximum atomic E-state index is 12.0. The highest BCUT2D eigenvalue weighted by molar-refractivity contribution is 5.70. The van der Waals surface area contributed by atoms with E-state index in [0.717, 1.165) is 19.3 Å². The van der Waals surface area contributed by atoms with Crippen molar-refractivity contribution >= 4 is 5.97 Å². The zero-order valence-electron chi connectivity index (χ0n) is 12.9. The van der Waals surface area contributed by atoms with E-state index in [1.165, 1.54) is 19.3 Å². The van der Waals surface area contributed by atoms with Crippen LogP contribution in [0.15, 0.2) is 0 Å². The van der Waals surface area contributed by atoms with Crippen LogP contribution >= 0.6 is 0 Å². The number of nitrogens with two attached hydrogens (primary N) is 1. The molecule has 2 unspecified atom stereocenters. The third-order valence-electron chi connectivity index (χ3n) is 4.24. The van der Waals surface area contributed by atoms with Crippen molar-refractivity contribution in [3.05, 3.63) is 0 Å². The summed E-state index contributed by atoms with van der Waals surface area (Å²) in [6, 6.07) is 0. The van der Waals surface area contributed by atoms with Crippen LogP contribution in [0.4, 0.5) is 0 Å². The van der Waals surface area contributed by atoms with Crippen molar-refractivity contribution in [1.29, 1.82) is 0 Å². The van der Waals surface area contributed by atoms with E-state index in [2.05, 4.69) is 20.8 Å². The van der Waals surface area contributed by atoms with Gasteiger partial charge in [-0.15, -0.1) is 0 Å². The van der Waals surface area contributed by atoms with Crippen molar-refractivity contribution in [2.75, 3.05) is 6.54 Å². The Balaban J connectivity index is 2.40. The van der Waals surface area contributed by atoms with E-state index < -0.39 is 0 Å². The number of esters is 1. The number of ether oxygens (including phenoxy) is 1. The minimum absolute atomic E-state index is 0.0403. The van der Waals surface area contributed by atoms with E-state index in [0.29, 0.717) is 24.8 Å². The zero-order valence-corrected chi connectivity index (χ0v) is 12.9. The van der Waals surface area contributed by atoms with Crippen LogP contribution in [0, 0.1) is 17.8 Å². The van der Waals surface area contributed by atoms with Crippen LogP contribution in [0.2, 0.25) is 0 Å². The van der Waals surface area contributed by atoms with Crippen molar-refractivity contribution in [1.82, 2.24) is 0 Å². The summed E-state index contributed by atoms with van der Waals surface area (Å²) in [5.41, 5.74) is 5.75. The van der Waals surface area contributed by atoms with Gasteiger partial charge < -0.3 is 10.5 Å². The van der Waals surface area contributed by atoms with Gasteiger partial charge in [0.15, 0.2) is 0 Å². The molecule has 0 saturated heterocycles. The van der Waals surface area contributed by atoms with E-state index in [1.807, 2.05) is 0 Å². The van der Waals surface area contributed by atoms with Gasteiger partial charge in [-0.25, -0.2) is 0 Å². The second kappa shape index (κ2) is 8.57. The molecule has 0 spiro atoms. The number of rotatable bonds is 7. The van der Waals surface area contributed by atoms with Crippen molar-refractivity contribution in [3.8, 4) is 0 Å². The number of hydrogen-bond donors (Lipinski definition) is 1. The lowest BCUT2D eigenvalue weighted by atomic mass is 9.84. The molecule has 0 heterocycles. The molecule has 1 rings (SSSR count). The molecule has 19 heavy (non-hydrogen) atoms. The predicted octanol–water partition coefficient (Wildman–Crippen LogP) is 3.51. The molecule has 0 radical (unpaired) electrons. The van der Waals surface area contributed by atoms with Crippen molar-refractivity contribution < 1.29 is 9.53 Å². The summed E-state index contributed by atoms with van der Waals surface area (Å²) in [7, 11) is 0. The van der Waals surface area contributed by atoms with Gasteiger partial charge in [-0.2, -0.15) is 0 Å². The highest BCUT2D eigenvalue weighted by Crippen LogP contribution is 2.29. The first-order valence-corrected chi connectivity index (χ1v) is 7.96. The van der Waals surface area contributed by atoms with Crippen LogP contribution in [-0.4, -0.2) is 18.6 Å². The monoisotopic (exact) mass is 269 g/mol. The van der Waals surface area contributed by atoms with Crippen LogP contribution in [-0.2, 0) is 9.53 Å². The Morgan fingerprint density at radius 1 is 1.32 bits per heavy atom. The van der Waals surface area contributed by atoms with Gasteiger partial charge >= 0.3 is 5.97 Å². The minimum atomic E-state index is -0.0403. The van der Waals surface area contributed by atoms with Crippen molar-refractivity contribution in [3.63, 3.8) is 0 Å². The summed E-state index contributed by atoms with van der Waals surface area (Å²) in [6.07, 6.45) is 7.50. The summed E-state index contributed by atoms with van der Waals surface area (Å²) in [5, 5.41) is 0. The Labute approximate surface area is 118 Å². The predicted molar refractivity (Wildman–Crippen MR) is 78.7 cm³/mol. The largest absolute Gasteiger partial charge is 0.462 e. The SMILES string of the molecule is CCC1CCCCC1OC(=O)C[C@@H](CN)CC(C)C. The normalized spacial score (nSPS) is 25.3. The standard InChI is InChI=1S/C16H31NO2/c1-4-14-7-5-6-8-15(14)19-16(18)10-13(11-17)9-12(2)3/h12-15H,4-11,17H2,1-3H3/t13-,14?,15?/m0/s1. The topological polar surface area (TPSA) is 52.3 Å². The Morgan fingerprint density at radius 2 is 2.00 bits per heavy atom. The molecule has 3 heteroatoms. The fraction of sp³-hybridized carbons (Fsp3) is 0.938. The highest BCUT2D eigenvalue weighted by Gasteiger charge is 2.27. The van der Waals surface area contributed by atoms with Crippen molar-refractivity contribution in [2.45, 2.75) is 71.8 Å². The summed E-state index contributed by atoms with van der Waals surface area (Å²) in [5.74, 6) is 1.39. The molecule has 0 aromatic rings. The first-order chi connectivity index (χ1) is 9.06. The molecule has 2 N–H and O–H groups in total. The lowest BCUT2D eigenvalue weighted by Gasteiger charge is -2.30. The molecule has 1 fully saturated rings. The van der Waals surface area contributed by atoms with Gasteiger partial charge in [0.25, 0.3) is 0 Å². The van der Waals surface area contributed by atoms with Crippen LogP contribution in [0.5, 0.6) is 0 Å². The lowest BCUT2D eigenvalue weighted by Crippen LogP contribution is -2.31. The van der Waals surface area contributed by atoms with Gasteiger partial charge in [0.2, 0.25) is 0 Å². The van der Waals surface area contributed by atoms with E-state index in [4.69, 9.17) is 10.5 Å². The fourth-order valence-electron chi connectivity index (χ4n) is 3.18. The third kappa shape index (κ3) is 5.94. The Hall–Kier alpha value is -0.570. The summed E-state index contributed by atoms with van der Waals surface area (Å²) in [6.45, 7) is 7.11. The second-order valence-electron chi connectivity index (χ2n) is 6.42. The van der Waals surface area contributed by atoms with Gasteiger partial charge in [0.1, 0.15) is 6.10 Å². The third-order valence-corrected chi connectivity index (χ3v) is 4.24. The highest BCUT2D eigenvalue weighted by atomic mass is 16.5. The molecular formula is C16H31NO2. The molecule has 3 nitrogen and oxygen atoms in total. The quantitative estimate of drug-likeness (QED) is 0.720. The average Bonchev–Trinajstić information content (AvgIpc) is 2.38. The summed E-state index contributed by atoms with van der Waals surface area (Å²) < 4.78 is 5.71. The second-order valence-corrected chi connectivity index (χ2v) is 6.42. The summed E-state index contributed by atoms with van der Waals surface area (Å²) >= 11 is 0. The van der Waals surface area contributed by atoms with E-state index in [-0.39, 0.29) is 18.0 Å². The molecule has 0 amide bonds. The first-order valence-electron chi connectivity index (χ1n) is 7.96. The van der Waals surface area contributed by atoms with Crippen molar-refractivity contribution in [2.24, 2.45) is 23.5 Å². The van der Waals surface area contributed by atoms with Crippen LogP contribution < -0.4 is 5.73 Å². The van der Waals surface area contributed by atoms with Gasteiger partial charge in [-0.3, -0.25) is 4.79 Å². The van der Waals surface area contributed by atoms with E-state index >= 15 is 0 Å². The molecule has 1 saturated carbocycles. The lowest BCUT2D eigenvalue weighted by molar-refractivity contribution is -0.154. The van der Waals surface area contributed by atoms with Crippen LogP contribution in [0.3, 0.4) is 0 Å². The summed E-state index contributed by atoms with van der Waals surface area (Å²) in [4.78, 5) is 12.0. The van der Waals surface area contributed by atoms with Gasteiger partial charge in [0.05, 0.1) is 0 Å². The van der Waals surface area contributed by atoms with E-state index in [9.17, 15) is 4.79 Å². The van der Waals surface area contributed by atoms with Gasteiger partial charge in [-0.1, -0.05) is 27.2 Å². The smallest absolute Gasteiger partial charge is 0.306 e. The molecule has 1 aliphatic carbocycles.